The van der Waals surface area contributed by atoms with Gasteiger partial charge in [-0.1, -0.05) is 18.2 Å². The Bertz CT molecular complexity index is 1250. The third-order valence-corrected chi connectivity index (χ3v) is 7.78. The molecule has 1 heterocycles. The number of carbonyl (C=O) groups excluding carboxylic acids is 2. The van der Waals surface area contributed by atoms with Crippen LogP contribution in [-0.4, -0.2) is 52.0 Å². The Kier molecular flexibility index (Phi) is 9.17. The monoisotopic (exact) mass is 537 g/mol. The van der Waals surface area contributed by atoms with Crippen molar-refractivity contribution in [1.82, 2.24) is 5.32 Å². The zero-order valence-corrected chi connectivity index (χ0v) is 23.4. The average Bonchev–Trinajstić information content (AvgIpc) is 2.94. The van der Waals surface area contributed by atoms with Gasteiger partial charge in [0.1, 0.15) is 6.61 Å². The smallest absolute Gasteiger partial charge is 0.336 e. The number of allylic oxidation sites excluding steroid dienone is 3. The minimum atomic E-state index is -0.499. The number of dihydropyridines is 1. The van der Waals surface area contributed by atoms with Crippen molar-refractivity contribution in [3.63, 3.8) is 0 Å². The van der Waals surface area contributed by atoms with Crippen LogP contribution >= 0.6 is 11.8 Å². The van der Waals surface area contributed by atoms with E-state index in [1.165, 1.54) is 0 Å². The van der Waals surface area contributed by atoms with Crippen LogP contribution in [0.1, 0.15) is 49.7 Å². The van der Waals surface area contributed by atoms with E-state index in [-0.39, 0.29) is 18.3 Å². The molecule has 8 heteroatoms. The quantitative estimate of drug-likeness (QED) is 0.246. The van der Waals surface area contributed by atoms with E-state index in [2.05, 4.69) is 5.32 Å². The maximum atomic E-state index is 13.8. The summed E-state index contributed by atoms with van der Waals surface area (Å²) in [5.74, 6) is 0.337. The number of ketones is 1. The predicted molar refractivity (Wildman–Crippen MR) is 148 cm³/mol. The van der Waals surface area contributed by atoms with Crippen molar-refractivity contribution in [2.45, 2.75) is 43.4 Å². The number of ether oxygens (including phenoxy) is 4. The predicted octanol–water partition coefficient (Wildman–Crippen LogP) is 5.37. The maximum Gasteiger partial charge on any atom is 0.336 e. The van der Waals surface area contributed by atoms with Gasteiger partial charge < -0.3 is 24.3 Å². The Labute approximate surface area is 228 Å². The summed E-state index contributed by atoms with van der Waals surface area (Å²) in [4.78, 5) is 28.3. The second kappa shape index (κ2) is 12.5. The number of hydrogen-bond acceptors (Lipinski definition) is 8. The van der Waals surface area contributed by atoms with Gasteiger partial charge >= 0.3 is 5.97 Å². The van der Waals surface area contributed by atoms with E-state index in [9.17, 15) is 9.59 Å². The molecule has 2 aromatic rings. The molecule has 0 radical (unpaired) electrons. The highest BCUT2D eigenvalue weighted by molar-refractivity contribution is 7.98. The first-order chi connectivity index (χ1) is 18.4. The number of rotatable bonds is 10. The van der Waals surface area contributed by atoms with Crippen molar-refractivity contribution in [2.24, 2.45) is 0 Å². The number of Topliss-reactive ketones (excluding diaryl/α,β-unsaturated/α-hetero) is 1. The SMILES string of the molecule is CCOCCOC(=O)C1=C(C)NC2=C(C(=O)C[C@@H](c3ccc(OC)c(OC)c3)C2)[C@H]1c1ccc(SC)cc1. The Morgan fingerprint density at radius 1 is 1.00 bits per heavy atom. The number of methoxy groups -OCH3 is 2. The summed E-state index contributed by atoms with van der Waals surface area (Å²) in [5.41, 5.74) is 4.56. The fourth-order valence-corrected chi connectivity index (χ4v) is 5.61. The van der Waals surface area contributed by atoms with Gasteiger partial charge in [0.15, 0.2) is 17.3 Å². The molecule has 7 nitrogen and oxygen atoms in total. The highest BCUT2D eigenvalue weighted by Gasteiger charge is 2.41. The molecule has 2 atom stereocenters. The number of thioether (sulfide) groups is 1. The molecule has 0 amide bonds. The molecule has 2 aliphatic rings. The molecular formula is C30H35NO6S. The van der Waals surface area contributed by atoms with Gasteiger partial charge in [-0.3, -0.25) is 4.79 Å². The molecule has 202 valence electrons. The Morgan fingerprint density at radius 3 is 2.37 bits per heavy atom. The molecule has 0 saturated heterocycles. The zero-order valence-electron chi connectivity index (χ0n) is 22.6. The maximum absolute atomic E-state index is 13.8. The summed E-state index contributed by atoms with van der Waals surface area (Å²) < 4.78 is 21.8. The number of hydrogen-bond donors (Lipinski definition) is 1. The highest BCUT2D eigenvalue weighted by Crippen LogP contribution is 2.46. The van der Waals surface area contributed by atoms with Gasteiger partial charge in [-0.15, -0.1) is 11.8 Å². The van der Waals surface area contributed by atoms with E-state index in [0.717, 1.165) is 21.7 Å². The van der Waals surface area contributed by atoms with Gasteiger partial charge in [0.25, 0.3) is 0 Å². The third-order valence-electron chi connectivity index (χ3n) is 7.04. The van der Waals surface area contributed by atoms with Crippen LogP contribution in [0.15, 0.2) is 69.9 Å². The van der Waals surface area contributed by atoms with E-state index >= 15 is 0 Å². The lowest BCUT2D eigenvalue weighted by Gasteiger charge is -2.36. The van der Waals surface area contributed by atoms with Crippen LogP contribution in [0.2, 0.25) is 0 Å². The van der Waals surface area contributed by atoms with Gasteiger partial charge in [-0.2, -0.15) is 0 Å². The Morgan fingerprint density at radius 2 is 1.71 bits per heavy atom. The van der Waals surface area contributed by atoms with Crippen LogP contribution in [0.25, 0.3) is 0 Å². The molecule has 38 heavy (non-hydrogen) atoms. The second-order valence-corrected chi connectivity index (χ2v) is 10.1. The first-order valence-electron chi connectivity index (χ1n) is 12.8. The fourth-order valence-electron chi connectivity index (χ4n) is 5.20. The van der Waals surface area contributed by atoms with Gasteiger partial charge in [-0.25, -0.2) is 4.79 Å². The molecule has 0 bridgehead atoms. The van der Waals surface area contributed by atoms with Gasteiger partial charge in [0.05, 0.1) is 26.4 Å². The topological polar surface area (TPSA) is 83.1 Å². The second-order valence-electron chi connectivity index (χ2n) is 9.24. The Balaban J connectivity index is 1.71. The van der Waals surface area contributed by atoms with Crippen molar-refractivity contribution in [3.8, 4) is 11.5 Å². The van der Waals surface area contributed by atoms with E-state index in [0.29, 0.717) is 54.4 Å². The first kappa shape index (κ1) is 27.8. The summed E-state index contributed by atoms with van der Waals surface area (Å²) in [5, 5.41) is 3.40. The van der Waals surface area contributed by atoms with E-state index in [1.807, 2.05) is 62.6 Å². The number of esters is 1. The van der Waals surface area contributed by atoms with E-state index in [1.54, 1.807) is 26.0 Å². The lowest BCUT2D eigenvalue weighted by Crippen LogP contribution is -2.36. The highest BCUT2D eigenvalue weighted by atomic mass is 32.2. The summed E-state index contributed by atoms with van der Waals surface area (Å²) in [7, 11) is 3.21. The molecule has 1 aliphatic heterocycles. The van der Waals surface area contributed by atoms with Gasteiger partial charge in [-0.05, 0) is 67.8 Å². The fraction of sp³-hybridized carbons (Fsp3) is 0.400. The average molecular weight is 538 g/mol. The van der Waals surface area contributed by atoms with Crippen LogP contribution in [0.4, 0.5) is 0 Å². The molecule has 0 saturated carbocycles. The summed E-state index contributed by atoms with van der Waals surface area (Å²) >= 11 is 1.65. The molecule has 4 rings (SSSR count). The third kappa shape index (κ3) is 5.76. The van der Waals surface area contributed by atoms with Crippen molar-refractivity contribution in [3.05, 3.63) is 76.1 Å². The molecule has 1 N–H and O–H groups in total. The summed E-state index contributed by atoms with van der Waals surface area (Å²) in [6, 6.07) is 13.8. The standard InChI is InChI=1S/C30H35NO6S/c1-6-36-13-14-37-30(33)27-18(2)31-23-15-21(20-9-12-25(34-3)26(17-20)35-4)16-24(32)29(23)28(27)19-7-10-22(38-5)11-8-19/h7-12,17,21,28,31H,6,13-16H2,1-5H3/t21-,28-/m0/s1. The minimum Gasteiger partial charge on any atom is -0.493 e. The number of nitrogens with one attached hydrogen (secondary N) is 1. The van der Waals surface area contributed by atoms with Crippen molar-refractivity contribution < 1.29 is 28.5 Å². The lowest BCUT2D eigenvalue weighted by molar-refractivity contribution is -0.140. The Hall–Kier alpha value is -3.23. The normalized spacial score (nSPS) is 19.1. The molecule has 0 fully saturated rings. The molecule has 0 aromatic heterocycles. The molecule has 0 unspecified atom stereocenters. The van der Waals surface area contributed by atoms with Crippen LogP contribution in [0.5, 0.6) is 11.5 Å². The van der Waals surface area contributed by atoms with Crippen LogP contribution in [0.3, 0.4) is 0 Å². The number of benzene rings is 2. The van der Waals surface area contributed by atoms with Crippen molar-refractivity contribution in [1.29, 1.82) is 0 Å². The van der Waals surface area contributed by atoms with Crippen LogP contribution < -0.4 is 14.8 Å². The molecule has 1 aliphatic carbocycles. The summed E-state index contributed by atoms with van der Waals surface area (Å²) in [6.45, 7) is 4.80. The van der Waals surface area contributed by atoms with Gasteiger partial charge in [0, 0.05) is 40.8 Å². The van der Waals surface area contributed by atoms with Crippen LogP contribution in [0, 0.1) is 0 Å². The van der Waals surface area contributed by atoms with E-state index in [4.69, 9.17) is 18.9 Å². The largest absolute Gasteiger partial charge is 0.493 e. The van der Waals surface area contributed by atoms with Crippen LogP contribution in [-0.2, 0) is 19.1 Å². The minimum absolute atomic E-state index is 0.0181. The molecular weight excluding hydrogens is 502 g/mol. The van der Waals surface area contributed by atoms with Gasteiger partial charge in [0.2, 0.25) is 0 Å². The molecule has 2 aromatic carbocycles. The lowest BCUT2D eigenvalue weighted by atomic mass is 9.71. The van der Waals surface area contributed by atoms with Crippen molar-refractivity contribution >= 4 is 23.5 Å². The summed E-state index contributed by atoms with van der Waals surface area (Å²) in [6.07, 6.45) is 2.99. The number of carbonyl (C=O) groups is 2. The van der Waals surface area contributed by atoms with Crippen molar-refractivity contribution in [2.75, 3.05) is 40.3 Å². The van der Waals surface area contributed by atoms with E-state index < -0.39 is 11.9 Å². The first-order valence-corrected chi connectivity index (χ1v) is 14.0. The zero-order chi connectivity index (χ0) is 27.2. The molecule has 0 spiro atoms.